The first-order chi connectivity index (χ1) is 12.7. The van der Waals surface area contributed by atoms with E-state index in [2.05, 4.69) is 0 Å². The topological polar surface area (TPSA) is 49.7 Å². The van der Waals surface area contributed by atoms with Crippen molar-refractivity contribution in [3.05, 3.63) is 108 Å². The first-order valence-corrected chi connectivity index (χ1v) is 8.68. The van der Waals surface area contributed by atoms with Crippen molar-refractivity contribution < 1.29 is 9.90 Å². The van der Waals surface area contributed by atoms with Crippen LogP contribution in [0.2, 0.25) is 0 Å². The van der Waals surface area contributed by atoms with Crippen LogP contribution in [0.3, 0.4) is 0 Å². The van der Waals surface area contributed by atoms with Gasteiger partial charge < -0.3 is 5.11 Å². The smallest absolute Gasteiger partial charge is 0.197 e. The number of nitrogens with zero attached hydrogens (tertiary/aromatic N) is 1. The quantitative estimate of drug-likeness (QED) is 0.722. The van der Waals surface area contributed by atoms with Crippen LogP contribution < -0.4 is 0 Å². The molecular formula is C23H19NO2. The van der Waals surface area contributed by atoms with Crippen LogP contribution in [-0.4, -0.2) is 22.2 Å². The summed E-state index contributed by atoms with van der Waals surface area (Å²) in [5.41, 5.74) is 1.44. The first-order valence-electron chi connectivity index (χ1n) is 8.68. The van der Waals surface area contributed by atoms with Gasteiger partial charge in [-0.3, -0.25) is 9.79 Å². The molecule has 128 valence electrons. The minimum absolute atomic E-state index is 0.199. The largest absolute Gasteiger partial charge is 0.379 e. The van der Waals surface area contributed by atoms with E-state index in [-0.39, 0.29) is 12.2 Å². The first kappa shape index (κ1) is 16.4. The molecule has 0 aromatic heterocycles. The Kier molecular flexibility index (Phi) is 4.23. The maximum Gasteiger partial charge on any atom is 0.197 e. The Morgan fingerprint density at radius 1 is 0.846 bits per heavy atom. The molecule has 2 atom stereocenters. The van der Waals surface area contributed by atoms with Crippen LogP contribution in [0, 0.1) is 0 Å². The van der Waals surface area contributed by atoms with E-state index in [1.165, 1.54) is 0 Å². The highest BCUT2D eigenvalue weighted by Gasteiger charge is 2.50. The summed E-state index contributed by atoms with van der Waals surface area (Å²) in [4.78, 5) is 18.0. The fraction of sp³-hybridized carbons (Fsp3) is 0.130. The third kappa shape index (κ3) is 2.87. The van der Waals surface area contributed by atoms with Gasteiger partial charge in [-0.05, 0) is 11.1 Å². The second kappa shape index (κ2) is 6.70. The van der Waals surface area contributed by atoms with E-state index in [1.54, 1.807) is 12.1 Å². The van der Waals surface area contributed by atoms with Crippen molar-refractivity contribution in [1.29, 1.82) is 0 Å². The lowest BCUT2D eigenvalue weighted by atomic mass is 9.81. The molecule has 4 rings (SSSR count). The summed E-state index contributed by atoms with van der Waals surface area (Å²) in [6, 6.07) is 27.6. The van der Waals surface area contributed by atoms with E-state index in [4.69, 9.17) is 4.99 Å². The second-order valence-corrected chi connectivity index (χ2v) is 6.55. The van der Waals surface area contributed by atoms with E-state index in [9.17, 15) is 9.90 Å². The average Bonchev–Trinajstić information content (AvgIpc) is 3.08. The molecule has 2 unspecified atom stereocenters. The van der Waals surface area contributed by atoms with Crippen molar-refractivity contribution in [3.63, 3.8) is 0 Å². The third-order valence-electron chi connectivity index (χ3n) is 4.83. The highest BCUT2D eigenvalue weighted by Crippen LogP contribution is 2.41. The van der Waals surface area contributed by atoms with Crippen molar-refractivity contribution in [2.24, 2.45) is 4.99 Å². The molecule has 1 aliphatic heterocycles. The summed E-state index contributed by atoms with van der Waals surface area (Å²) >= 11 is 0. The van der Waals surface area contributed by atoms with Gasteiger partial charge in [0.1, 0.15) is 6.04 Å². The number of rotatable bonds is 4. The molecule has 0 aliphatic carbocycles. The summed E-state index contributed by atoms with van der Waals surface area (Å²) in [6.45, 7) is 0. The van der Waals surface area contributed by atoms with Gasteiger partial charge in [0.25, 0.3) is 0 Å². The van der Waals surface area contributed by atoms with E-state index in [1.807, 2.05) is 78.9 Å². The maximum absolute atomic E-state index is 13.2. The van der Waals surface area contributed by atoms with Crippen LogP contribution in [0.4, 0.5) is 0 Å². The molecule has 3 aromatic rings. The van der Waals surface area contributed by atoms with Crippen molar-refractivity contribution in [2.75, 3.05) is 0 Å². The summed E-state index contributed by atoms with van der Waals surface area (Å²) in [7, 11) is 0. The monoisotopic (exact) mass is 341 g/mol. The molecule has 26 heavy (non-hydrogen) atoms. The number of ketones is 1. The summed E-state index contributed by atoms with van der Waals surface area (Å²) in [5.74, 6) is -0.290. The number of hydrogen-bond donors (Lipinski definition) is 1. The lowest BCUT2D eigenvalue weighted by Gasteiger charge is -2.27. The molecule has 1 heterocycles. The molecule has 0 amide bonds. The van der Waals surface area contributed by atoms with Crippen LogP contribution >= 0.6 is 0 Å². The van der Waals surface area contributed by atoms with E-state index in [0.29, 0.717) is 5.56 Å². The van der Waals surface area contributed by atoms with E-state index >= 15 is 0 Å². The molecule has 0 bridgehead atoms. The Morgan fingerprint density at radius 2 is 1.38 bits per heavy atom. The molecule has 0 fully saturated rings. The minimum Gasteiger partial charge on any atom is -0.379 e. The lowest BCUT2D eigenvalue weighted by Crippen LogP contribution is -2.42. The fourth-order valence-electron chi connectivity index (χ4n) is 3.50. The Bertz CT molecular complexity index is 936. The SMILES string of the molecule is O=C(c1ccccc1)C1(O)CC(c2ccccc2)=NC1c1ccccc1. The van der Waals surface area contributed by atoms with Crippen LogP contribution in [0.1, 0.15) is 33.9 Å². The van der Waals surface area contributed by atoms with Gasteiger partial charge in [0.15, 0.2) is 11.4 Å². The van der Waals surface area contributed by atoms with Gasteiger partial charge in [-0.15, -0.1) is 0 Å². The molecule has 0 saturated heterocycles. The van der Waals surface area contributed by atoms with E-state index < -0.39 is 11.6 Å². The highest BCUT2D eigenvalue weighted by molar-refractivity contribution is 6.11. The van der Waals surface area contributed by atoms with E-state index in [0.717, 1.165) is 16.8 Å². The summed E-state index contributed by atoms with van der Waals surface area (Å²) in [5, 5.41) is 11.5. The van der Waals surface area contributed by atoms with Crippen LogP contribution in [0.25, 0.3) is 0 Å². The van der Waals surface area contributed by atoms with Crippen molar-refractivity contribution in [2.45, 2.75) is 18.1 Å². The number of carbonyl (C=O) groups excluding carboxylic acids is 1. The molecule has 3 nitrogen and oxygen atoms in total. The minimum atomic E-state index is -1.59. The fourth-order valence-corrected chi connectivity index (χ4v) is 3.50. The molecule has 0 saturated carbocycles. The molecule has 3 heteroatoms. The van der Waals surface area contributed by atoms with Crippen LogP contribution in [0.5, 0.6) is 0 Å². The predicted octanol–water partition coefficient (Wildman–Crippen LogP) is 4.23. The molecule has 0 spiro atoms. The lowest BCUT2D eigenvalue weighted by molar-refractivity contribution is 0.0269. The van der Waals surface area contributed by atoms with Crippen molar-refractivity contribution >= 4 is 11.5 Å². The number of aliphatic imine (C=N–C) groups is 1. The van der Waals surface area contributed by atoms with Crippen LogP contribution in [0.15, 0.2) is 96.0 Å². The van der Waals surface area contributed by atoms with Gasteiger partial charge >= 0.3 is 0 Å². The second-order valence-electron chi connectivity index (χ2n) is 6.55. The molecule has 3 aromatic carbocycles. The number of benzene rings is 3. The Labute approximate surface area is 152 Å². The number of carbonyl (C=O) groups is 1. The molecular weight excluding hydrogens is 322 g/mol. The maximum atomic E-state index is 13.2. The zero-order valence-corrected chi connectivity index (χ0v) is 14.2. The number of Topliss-reactive ketones (excluding diaryl/α,β-unsaturated/α-hetero) is 1. The Balaban J connectivity index is 1.79. The van der Waals surface area contributed by atoms with Gasteiger partial charge in [-0.1, -0.05) is 91.0 Å². The summed E-state index contributed by atoms with van der Waals surface area (Å²) in [6.07, 6.45) is 0.199. The van der Waals surface area contributed by atoms with Gasteiger partial charge in [0.2, 0.25) is 0 Å². The number of aliphatic hydroxyl groups is 1. The van der Waals surface area contributed by atoms with Gasteiger partial charge in [-0.25, -0.2) is 0 Å². The van der Waals surface area contributed by atoms with Crippen molar-refractivity contribution in [1.82, 2.24) is 0 Å². The summed E-state index contributed by atoms with van der Waals surface area (Å²) < 4.78 is 0. The zero-order valence-electron chi connectivity index (χ0n) is 14.2. The van der Waals surface area contributed by atoms with Crippen LogP contribution in [-0.2, 0) is 0 Å². The average molecular weight is 341 g/mol. The zero-order chi connectivity index (χ0) is 18.0. The van der Waals surface area contributed by atoms with Gasteiger partial charge in [0.05, 0.1) is 0 Å². The predicted molar refractivity (Wildman–Crippen MR) is 103 cm³/mol. The molecule has 0 radical (unpaired) electrons. The normalized spacial score (nSPS) is 22.0. The van der Waals surface area contributed by atoms with Gasteiger partial charge in [-0.2, -0.15) is 0 Å². The van der Waals surface area contributed by atoms with Crippen molar-refractivity contribution in [3.8, 4) is 0 Å². The Morgan fingerprint density at radius 3 is 2.00 bits per heavy atom. The standard InChI is InChI=1S/C23H19NO2/c25-22(19-14-8-3-9-15-19)23(26)16-20(17-10-4-1-5-11-17)24-21(23)18-12-6-2-7-13-18/h1-15,21,26H,16H2. The molecule has 1 N–H and O–H groups in total. The number of hydrogen-bond acceptors (Lipinski definition) is 3. The van der Waals surface area contributed by atoms with Gasteiger partial charge in [0, 0.05) is 17.7 Å². The third-order valence-corrected chi connectivity index (χ3v) is 4.83. The highest BCUT2D eigenvalue weighted by atomic mass is 16.3. The Hall–Kier alpha value is -3.04. The molecule has 1 aliphatic rings.